The lowest BCUT2D eigenvalue weighted by Gasteiger charge is -2.27. The van der Waals surface area contributed by atoms with Gasteiger partial charge in [0.05, 0.1) is 34.5 Å². The van der Waals surface area contributed by atoms with E-state index in [-0.39, 0.29) is 52.4 Å². The van der Waals surface area contributed by atoms with E-state index < -0.39 is 47.8 Å². The highest BCUT2D eigenvalue weighted by atomic mass is 35.5. The average Bonchev–Trinajstić information content (AvgIpc) is 3.37. The molecule has 2 unspecified atom stereocenters. The van der Waals surface area contributed by atoms with E-state index >= 15 is 0 Å². The first kappa shape index (κ1) is 31.4. The number of aliphatic hydroxyl groups excluding tert-OH is 1. The van der Waals surface area contributed by atoms with Crippen molar-refractivity contribution >= 4 is 35.0 Å². The molecule has 226 valence electrons. The zero-order valence-corrected chi connectivity index (χ0v) is 23.7. The van der Waals surface area contributed by atoms with Gasteiger partial charge in [-0.15, -0.1) is 0 Å². The Kier molecular flexibility index (Phi) is 10.3. The van der Waals surface area contributed by atoms with Crippen LogP contribution in [0.4, 0.5) is 14.5 Å². The van der Waals surface area contributed by atoms with E-state index in [9.17, 15) is 28.3 Å². The minimum Gasteiger partial charge on any atom is -0.476 e. The molecule has 0 bridgehead atoms. The van der Waals surface area contributed by atoms with Gasteiger partial charge in [0.2, 0.25) is 11.7 Å². The fourth-order valence-electron chi connectivity index (χ4n) is 4.52. The van der Waals surface area contributed by atoms with Crippen LogP contribution >= 0.6 is 11.6 Å². The molecule has 5 N–H and O–H groups in total. The van der Waals surface area contributed by atoms with Crippen LogP contribution in [0.5, 0.6) is 5.75 Å². The number of nitriles is 1. The molecule has 2 heterocycles. The number of β-amino-alcohol motifs (C(OH)–C–C–N with tert-alkyl or cyclic N) is 1. The van der Waals surface area contributed by atoms with Crippen LogP contribution in [0.3, 0.4) is 0 Å². The molecule has 1 aliphatic heterocycles. The minimum atomic E-state index is -1.28. The summed E-state index contributed by atoms with van der Waals surface area (Å²) in [6.45, 7) is 0.827. The molecule has 1 aromatic heterocycles. The third-order valence-electron chi connectivity index (χ3n) is 6.77. The molecule has 0 radical (unpaired) electrons. The Morgan fingerprint density at radius 2 is 1.95 bits per heavy atom. The molecule has 0 saturated carbocycles. The van der Waals surface area contributed by atoms with Gasteiger partial charge in [0.15, 0.2) is 24.0 Å². The Morgan fingerprint density at radius 3 is 2.67 bits per heavy atom. The van der Waals surface area contributed by atoms with Gasteiger partial charge in [-0.25, -0.2) is 9.37 Å². The number of anilines is 1. The molecular formula is C28H28ClF2N7O5. The molecule has 15 heteroatoms. The predicted octanol–water partition coefficient (Wildman–Crippen LogP) is 1.99. The van der Waals surface area contributed by atoms with Crippen LogP contribution in [-0.4, -0.2) is 71.3 Å². The van der Waals surface area contributed by atoms with E-state index in [1.165, 1.54) is 48.1 Å². The molecular weight excluding hydrogens is 588 g/mol. The summed E-state index contributed by atoms with van der Waals surface area (Å²) in [5, 5.41) is 29.5. The summed E-state index contributed by atoms with van der Waals surface area (Å²) in [7, 11) is 1.45. The van der Waals surface area contributed by atoms with Crippen LogP contribution in [0.1, 0.15) is 27.4 Å². The molecule has 2 aromatic carbocycles. The Labute approximate surface area is 250 Å². The smallest absolute Gasteiger partial charge is 0.291 e. The number of carbonyl (C=O) groups is 3. The first-order valence-electron chi connectivity index (χ1n) is 13.2. The lowest BCUT2D eigenvalue weighted by atomic mass is 9.94. The lowest BCUT2D eigenvalue weighted by Crippen LogP contribution is -2.48. The summed E-state index contributed by atoms with van der Waals surface area (Å²) in [4.78, 5) is 41.8. The highest BCUT2D eigenvalue weighted by Gasteiger charge is 2.29. The summed E-state index contributed by atoms with van der Waals surface area (Å²) < 4.78 is 35.3. The number of piperidine rings is 1. The van der Waals surface area contributed by atoms with Crippen LogP contribution in [0, 0.1) is 28.9 Å². The fourth-order valence-corrected chi connectivity index (χ4v) is 4.79. The van der Waals surface area contributed by atoms with Crippen molar-refractivity contribution in [3.05, 3.63) is 64.6 Å². The highest BCUT2D eigenvalue weighted by molar-refractivity contribution is 6.34. The third kappa shape index (κ3) is 7.26. The number of aliphatic hydroxyl groups is 1. The molecule has 12 nitrogen and oxygen atoms in total. The monoisotopic (exact) mass is 615 g/mol. The number of nitrogens with zero attached hydrogens (tertiary/aromatic N) is 3. The largest absolute Gasteiger partial charge is 0.476 e. The molecule has 0 aliphatic carbocycles. The number of nitrogens with one attached hydrogen (secondary N) is 4. The van der Waals surface area contributed by atoms with Crippen LogP contribution in [-0.2, 0) is 11.8 Å². The fraction of sp³-hybridized carbons (Fsp3) is 0.321. The Balaban J connectivity index is 1.34. The summed E-state index contributed by atoms with van der Waals surface area (Å²) in [6.07, 6.45) is 0.967. The Morgan fingerprint density at radius 1 is 1.19 bits per heavy atom. The van der Waals surface area contributed by atoms with Gasteiger partial charge >= 0.3 is 0 Å². The van der Waals surface area contributed by atoms with E-state index in [1.54, 1.807) is 6.07 Å². The van der Waals surface area contributed by atoms with Crippen molar-refractivity contribution in [2.75, 3.05) is 38.1 Å². The van der Waals surface area contributed by atoms with Crippen molar-refractivity contribution in [1.29, 1.82) is 5.26 Å². The second-order valence-electron chi connectivity index (χ2n) is 9.57. The number of carbonyl (C=O) groups excluding carboxylic acids is 3. The first-order chi connectivity index (χ1) is 20.6. The number of halogens is 3. The van der Waals surface area contributed by atoms with E-state index in [1.807, 2.05) is 0 Å². The van der Waals surface area contributed by atoms with E-state index in [2.05, 4.69) is 26.3 Å². The predicted molar refractivity (Wildman–Crippen MR) is 151 cm³/mol. The second kappa shape index (κ2) is 14.1. The van der Waals surface area contributed by atoms with E-state index in [4.69, 9.17) is 21.6 Å². The molecule has 3 amide bonds. The zero-order valence-electron chi connectivity index (χ0n) is 22.9. The number of rotatable bonds is 10. The highest BCUT2D eigenvalue weighted by Crippen LogP contribution is 2.30. The molecule has 1 fully saturated rings. The van der Waals surface area contributed by atoms with E-state index in [0.717, 1.165) is 0 Å². The maximum absolute atomic E-state index is 14.7. The van der Waals surface area contributed by atoms with Gasteiger partial charge in [-0.1, -0.05) is 11.6 Å². The maximum atomic E-state index is 14.7. The summed E-state index contributed by atoms with van der Waals surface area (Å²) in [6, 6.07) is 8.33. The number of imidazole rings is 1. The lowest BCUT2D eigenvalue weighted by molar-refractivity contribution is -0.129. The van der Waals surface area contributed by atoms with Crippen molar-refractivity contribution in [3.8, 4) is 23.1 Å². The molecule has 3 aromatic rings. The zero-order chi connectivity index (χ0) is 31.1. The van der Waals surface area contributed by atoms with Gasteiger partial charge < -0.3 is 35.7 Å². The Hall–Kier alpha value is -4.58. The molecule has 43 heavy (non-hydrogen) atoms. The maximum Gasteiger partial charge on any atom is 0.291 e. The SMILES string of the molecule is Cn1c(-c2ccc(OCC#N)c(F)c2F)cnc1C(=O)Nc1ccc(C(=O)NCCNC(=O)C2CCNCC2O)c(Cl)c1. The molecule has 1 aliphatic rings. The number of ether oxygens (including phenoxy) is 1. The molecule has 1 saturated heterocycles. The molecule has 2 atom stereocenters. The first-order valence-corrected chi connectivity index (χ1v) is 13.6. The topological polar surface area (TPSA) is 170 Å². The van der Waals surface area contributed by atoms with Gasteiger partial charge in [-0.05, 0) is 43.3 Å². The van der Waals surface area contributed by atoms with Crippen LogP contribution in [0.15, 0.2) is 36.5 Å². The average molecular weight is 616 g/mol. The number of aromatic nitrogens is 2. The van der Waals surface area contributed by atoms with E-state index in [0.29, 0.717) is 19.5 Å². The van der Waals surface area contributed by atoms with Gasteiger partial charge in [-0.3, -0.25) is 14.4 Å². The van der Waals surface area contributed by atoms with Crippen molar-refractivity contribution < 1.29 is 33.0 Å². The Bertz CT molecular complexity index is 1580. The van der Waals surface area contributed by atoms with Crippen molar-refractivity contribution in [1.82, 2.24) is 25.5 Å². The van der Waals surface area contributed by atoms with Crippen LogP contribution in [0.25, 0.3) is 11.3 Å². The van der Waals surface area contributed by atoms with Crippen LogP contribution in [0.2, 0.25) is 5.02 Å². The summed E-state index contributed by atoms with van der Waals surface area (Å²) in [5.74, 6) is -4.99. The summed E-state index contributed by atoms with van der Waals surface area (Å²) >= 11 is 6.29. The quantitative estimate of drug-likeness (QED) is 0.216. The van der Waals surface area contributed by atoms with Crippen molar-refractivity contribution in [2.24, 2.45) is 13.0 Å². The van der Waals surface area contributed by atoms with Crippen molar-refractivity contribution in [3.63, 3.8) is 0 Å². The standard InChI is InChI=1S/C28H28ClF2N7O5/c1-38-20(17-4-5-22(43-11-7-32)24(31)23(17)30)13-36-25(38)28(42)37-15-2-3-16(19(29)12-15)26(40)34-9-10-35-27(41)18-6-8-33-14-21(18)39/h2-5,12-13,18,21,33,39H,6,8-11,14H2,1H3,(H,34,40)(H,35,41)(H,37,42). The third-order valence-corrected chi connectivity index (χ3v) is 7.09. The number of benzene rings is 2. The number of amides is 3. The van der Waals surface area contributed by atoms with Crippen LogP contribution < -0.4 is 26.0 Å². The number of hydrogen-bond donors (Lipinski definition) is 5. The van der Waals surface area contributed by atoms with Gasteiger partial charge in [0, 0.05) is 37.9 Å². The number of hydrogen-bond acceptors (Lipinski definition) is 8. The second-order valence-corrected chi connectivity index (χ2v) is 9.98. The normalized spacial score (nSPS) is 16.2. The molecule has 0 spiro atoms. The van der Waals surface area contributed by atoms with Crippen molar-refractivity contribution in [2.45, 2.75) is 12.5 Å². The molecule has 4 rings (SSSR count). The van der Waals surface area contributed by atoms with Gasteiger partial charge in [0.1, 0.15) is 6.07 Å². The van der Waals surface area contributed by atoms with Gasteiger partial charge in [0.25, 0.3) is 11.8 Å². The van der Waals surface area contributed by atoms with Gasteiger partial charge in [-0.2, -0.15) is 9.65 Å². The minimum absolute atomic E-state index is 0.0499. The summed E-state index contributed by atoms with van der Waals surface area (Å²) in [5.41, 5.74) is 0.332.